The lowest BCUT2D eigenvalue weighted by Crippen LogP contribution is -2.47. The Morgan fingerprint density at radius 2 is 2.17 bits per heavy atom. The second-order valence-electron chi connectivity index (χ2n) is 5.52. The van der Waals surface area contributed by atoms with Crippen LogP contribution < -0.4 is 15.6 Å². The first-order chi connectivity index (χ1) is 11.6. The molecule has 1 aromatic carbocycles. The molecule has 3 rings (SSSR count). The molecule has 24 heavy (non-hydrogen) atoms. The number of carbonyl (C=O) groups is 2. The fourth-order valence-corrected chi connectivity index (χ4v) is 3.53. The van der Waals surface area contributed by atoms with E-state index in [4.69, 9.17) is 16.3 Å². The van der Waals surface area contributed by atoms with Gasteiger partial charge < -0.3 is 4.74 Å². The van der Waals surface area contributed by atoms with Gasteiger partial charge in [-0.05, 0) is 53.6 Å². The molecular formula is C16H15ClIN3O3. The van der Waals surface area contributed by atoms with E-state index < -0.39 is 5.91 Å². The molecule has 0 saturated heterocycles. The molecule has 2 N–H and O–H groups in total. The van der Waals surface area contributed by atoms with Crippen LogP contribution in [0.5, 0.6) is 5.75 Å². The van der Waals surface area contributed by atoms with Crippen molar-refractivity contribution >= 4 is 56.9 Å². The Kier molecular flexibility index (Phi) is 5.40. The first-order valence-corrected chi connectivity index (χ1v) is 8.96. The summed E-state index contributed by atoms with van der Waals surface area (Å²) in [7, 11) is 0. The molecule has 1 heterocycles. The lowest BCUT2D eigenvalue weighted by Gasteiger charge is -2.24. The van der Waals surface area contributed by atoms with Crippen molar-refractivity contribution < 1.29 is 14.3 Å². The highest BCUT2D eigenvalue weighted by atomic mass is 127. The number of rotatable bonds is 4. The Labute approximate surface area is 157 Å². The second-order valence-corrected chi connectivity index (χ2v) is 7.09. The monoisotopic (exact) mass is 459 g/mol. The van der Waals surface area contributed by atoms with E-state index in [1.54, 1.807) is 18.3 Å². The Bertz CT molecular complexity index is 795. The number of amides is 2. The van der Waals surface area contributed by atoms with Crippen molar-refractivity contribution in [3.8, 4) is 5.75 Å². The van der Waals surface area contributed by atoms with E-state index in [-0.39, 0.29) is 18.4 Å². The van der Waals surface area contributed by atoms with Crippen molar-refractivity contribution in [3.05, 3.63) is 33.0 Å². The maximum Gasteiger partial charge on any atom is 0.276 e. The van der Waals surface area contributed by atoms with Crippen LogP contribution >= 0.6 is 34.2 Å². The number of benzene rings is 1. The molecule has 0 aliphatic heterocycles. The third kappa shape index (κ3) is 3.72. The van der Waals surface area contributed by atoms with Gasteiger partial charge >= 0.3 is 0 Å². The molecule has 8 heteroatoms. The average Bonchev–Trinajstić information content (AvgIpc) is 2.51. The van der Waals surface area contributed by atoms with Crippen LogP contribution in [0.4, 0.5) is 0 Å². The quantitative estimate of drug-likeness (QED) is 0.544. The van der Waals surface area contributed by atoms with Gasteiger partial charge in [0.2, 0.25) is 5.91 Å². The zero-order valence-electron chi connectivity index (χ0n) is 12.6. The number of carbonyl (C=O) groups excluding carboxylic acids is 2. The number of fused-ring (bicyclic) bond motifs is 1. The normalized spacial score (nSPS) is 14.1. The molecule has 1 saturated carbocycles. The summed E-state index contributed by atoms with van der Waals surface area (Å²) in [5, 5.41) is 1.33. The lowest BCUT2D eigenvalue weighted by atomic mass is 9.85. The number of pyridine rings is 1. The summed E-state index contributed by atoms with van der Waals surface area (Å²) in [6.07, 6.45) is 4.45. The first kappa shape index (κ1) is 17.2. The Morgan fingerprint density at radius 3 is 2.88 bits per heavy atom. The number of ether oxygens (including phenoxy) is 1. The average molecular weight is 460 g/mol. The zero-order chi connectivity index (χ0) is 17.1. The number of nitrogens with one attached hydrogen (secondary N) is 2. The number of nitrogens with zero attached hydrogens (tertiary/aromatic N) is 1. The predicted molar refractivity (Wildman–Crippen MR) is 98.6 cm³/mol. The summed E-state index contributed by atoms with van der Waals surface area (Å²) in [5.74, 6) is -0.0760. The Morgan fingerprint density at radius 1 is 1.38 bits per heavy atom. The maximum absolute atomic E-state index is 11.9. The summed E-state index contributed by atoms with van der Waals surface area (Å²) < 4.78 is 6.37. The molecule has 1 aliphatic rings. The molecule has 0 spiro atoms. The van der Waals surface area contributed by atoms with Crippen molar-refractivity contribution in [3.63, 3.8) is 0 Å². The molecule has 2 aromatic rings. The fraction of sp³-hybridized carbons (Fsp3) is 0.312. The van der Waals surface area contributed by atoms with Crippen LogP contribution in [-0.2, 0) is 9.59 Å². The van der Waals surface area contributed by atoms with Gasteiger partial charge in [0.15, 0.2) is 12.4 Å². The van der Waals surface area contributed by atoms with Crippen molar-refractivity contribution in [1.29, 1.82) is 0 Å². The smallest absolute Gasteiger partial charge is 0.276 e. The second kappa shape index (κ2) is 7.52. The van der Waals surface area contributed by atoms with E-state index in [1.165, 1.54) is 0 Å². The Balaban J connectivity index is 1.63. The van der Waals surface area contributed by atoms with Crippen LogP contribution in [0, 0.1) is 9.49 Å². The van der Waals surface area contributed by atoms with Gasteiger partial charge in [-0.3, -0.25) is 25.4 Å². The molecular weight excluding hydrogens is 445 g/mol. The van der Waals surface area contributed by atoms with Crippen molar-refractivity contribution in [2.75, 3.05) is 6.61 Å². The van der Waals surface area contributed by atoms with Gasteiger partial charge in [0.25, 0.3) is 5.91 Å². The van der Waals surface area contributed by atoms with E-state index in [2.05, 4.69) is 38.4 Å². The van der Waals surface area contributed by atoms with Crippen LogP contribution in [-0.4, -0.2) is 23.4 Å². The van der Waals surface area contributed by atoms with Gasteiger partial charge in [0, 0.05) is 17.5 Å². The SMILES string of the molecule is O=C(COc1c(I)cc(Cl)c2cccnc12)NNC(=O)C1CCC1. The molecule has 2 amide bonds. The largest absolute Gasteiger partial charge is 0.480 e. The molecule has 1 fully saturated rings. The molecule has 0 unspecified atom stereocenters. The minimum absolute atomic E-state index is 0.0107. The van der Waals surface area contributed by atoms with Crippen LogP contribution in [0.2, 0.25) is 5.02 Å². The number of hydrazine groups is 1. The third-order valence-electron chi connectivity index (χ3n) is 3.90. The van der Waals surface area contributed by atoms with Gasteiger partial charge in [0.05, 0.1) is 8.59 Å². The number of hydrogen-bond donors (Lipinski definition) is 2. The summed E-state index contributed by atoms with van der Waals surface area (Å²) in [5.41, 5.74) is 5.39. The summed E-state index contributed by atoms with van der Waals surface area (Å²) >= 11 is 8.29. The number of halogens is 2. The minimum atomic E-state index is -0.433. The summed E-state index contributed by atoms with van der Waals surface area (Å²) in [4.78, 5) is 27.8. The maximum atomic E-state index is 11.9. The van der Waals surface area contributed by atoms with Gasteiger partial charge in [-0.2, -0.15) is 0 Å². The van der Waals surface area contributed by atoms with Crippen molar-refractivity contribution in [2.24, 2.45) is 5.92 Å². The van der Waals surface area contributed by atoms with E-state index in [0.29, 0.717) is 16.3 Å². The zero-order valence-corrected chi connectivity index (χ0v) is 15.6. The van der Waals surface area contributed by atoms with Gasteiger partial charge in [-0.15, -0.1) is 0 Å². The van der Waals surface area contributed by atoms with Crippen LogP contribution in [0.1, 0.15) is 19.3 Å². The van der Waals surface area contributed by atoms with Gasteiger partial charge in [-0.1, -0.05) is 18.0 Å². The summed E-state index contributed by atoms with van der Waals surface area (Å²) in [6, 6.07) is 5.39. The topological polar surface area (TPSA) is 80.3 Å². The van der Waals surface area contributed by atoms with Crippen LogP contribution in [0.3, 0.4) is 0 Å². The first-order valence-electron chi connectivity index (χ1n) is 7.50. The van der Waals surface area contributed by atoms with Gasteiger partial charge in [-0.25, -0.2) is 0 Å². The fourth-order valence-electron chi connectivity index (χ4n) is 2.36. The molecule has 1 aliphatic carbocycles. The summed E-state index contributed by atoms with van der Waals surface area (Å²) in [6.45, 7) is -0.228. The highest BCUT2D eigenvalue weighted by Crippen LogP contribution is 2.34. The molecule has 1 aromatic heterocycles. The molecule has 0 radical (unpaired) electrons. The van der Waals surface area contributed by atoms with E-state index >= 15 is 0 Å². The molecule has 0 bridgehead atoms. The van der Waals surface area contributed by atoms with E-state index in [0.717, 1.165) is 28.2 Å². The Hall–Kier alpha value is -1.61. The predicted octanol–water partition coefficient (Wildman–Crippen LogP) is 2.82. The number of hydrogen-bond acceptors (Lipinski definition) is 4. The standard InChI is InChI=1S/C16H15ClIN3O3/c17-11-7-12(18)15(14-10(11)5-2-6-19-14)24-8-13(22)20-21-16(23)9-3-1-4-9/h2,5-7,9H,1,3-4,8H2,(H,20,22)(H,21,23). The molecule has 0 atom stereocenters. The van der Waals surface area contributed by atoms with Crippen LogP contribution in [0.25, 0.3) is 10.9 Å². The van der Waals surface area contributed by atoms with E-state index in [9.17, 15) is 9.59 Å². The van der Waals surface area contributed by atoms with Crippen molar-refractivity contribution in [2.45, 2.75) is 19.3 Å². The third-order valence-corrected chi connectivity index (χ3v) is 5.01. The van der Waals surface area contributed by atoms with Crippen LogP contribution in [0.15, 0.2) is 24.4 Å². The molecule has 6 nitrogen and oxygen atoms in total. The lowest BCUT2D eigenvalue weighted by molar-refractivity contribution is -0.133. The minimum Gasteiger partial charge on any atom is -0.480 e. The molecule has 126 valence electrons. The van der Waals surface area contributed by atoms with Crippen molar-refractivity contribution in [1.82, 2.24) is 15.8 Å². The number of aromatic nitrogens is 1. The van der Waals surface area contributed by atoms with E-state index in [1.807, 2.05) is 6.07 Å². The highest BCUT2D eigenvalue weighted by molar-refractivity contribution is 14.1. The van der Waals surface area contributed by atoms with Gasteiger partial charge in [0.1, 0.15) is 5.52 Å². The highest BCUT2D eigenvalue weighted by Gasteiger charge is 2.25.